The average molecular weight is 540 g/mol. The van der Waals surface area contributed by atoms with Crippen molar-refractivity contribution in [1.29, 1.82) is 0 Å². The lowest BCUT2D eigenvalue weighted by Crippen LogP contribution is -2.52. The summed E-state index contributed by atoms with van der Waals surface area (Å²) >= 11 is 0. The number of rotatable bonds is 8. The van der Waals surface area contributed by atoms with E-state index in [1.165, 1.54) is 22.5 Å². The van der Waals surface area contributed by atoms with Gasteiger partial charge in [-0.2, -0.15) is 0 Å². The van der Waals surface area contributed by atoms with E-state index in [0.29, 0.717) is 23.6 Å². The highest BCUT2D eigenvalue weighted by molar-refractivity contribution is 7.88. The average Bonchev–Trinajstić information content (AvgIpc) is 3.72. The topological polar surface area (TPSA) is 86.7 Å². The Bertz CT molecular complexity index is 1220. The molecule has 8 nitrogen and oxygen atoms in total. The number of piperidine rings is 2. The number of hydrogen-bond donors (Lipinski definition) is 0. The minimum absolute atomic E-state index is 0.0201. The van der Waals surface area contributed by atoms with Gasteiger partial charge in [0.1, 0.15) is 12.0 Å². The molecule has 38 heavy (non-hydrogen) atoms. The fourth-order valence-electron chi connectivity index (χ4n) is 6.42. The van der Waals surface area contributed by atoms with E-state index < -0.39 is 10.0 Å². The van der Waals surface area contributed by atoms with Crippen LogP contribution in [0.4, 0.5) is 0 Å². The predicted molar refractivity (Wildman–Crippen MR) is 149 cm³/mol. The van der Waals surface area contributed by atoms with Gasteiger partial charge in [-0.1, -0.05) is 30.3 Å². The molecule has 3 fully saturated rings. The Morgan fingerprint density at radius 2 is 1.71 bits per heavy atom. The van der Waals surface area contributed by atoms with Crippen LogP contribution < -0.4 is 0 Å². The lowest BCUT2D eigenvalue weighted by Gasteiger charge is -2.43. The maximum atomic E-state index is 13.4. The van der Waals surface area contributed by atoms with Crippen molar-refractivity contribution in [3.05, 3.63) is 59.2 Å². The molecule has 1 amide bonds. The van der Waals surface area contributed by atoms with Crippen molar-refractivity contribution in [2.24, 2.45) is 5.92 Å². The van der Waals surface area contributed by atoms with Crippen molar-refractivity contribution < 1.29 is 13.2 Å². The van der Waals surface area contributed by atoms with Gasteiger partial charge in [0, 0.05) is 43.5 Å². The van der Waals surface area contributed by atoms with E-state index in [2.05, 4.69) is 45.2 Å². The number of sulfonamides is 1. The van der Waals surface area contributed by atoms with Crippen LogP contribution in [0.15, 0.2) is 36.7 Å². The van der Waals surface area contributed by atoms with Gasteiger partial charge < -0.3 is 9.80 Å². The first-order chi connectivity index (χ1) is 18.2. The Morgan fingerprint density at radius 1 is 1.03 bits per heavy atom. The minimum Gasteiger partial charge on any atom is -0.337 e. The van der Waals surface area contributed by atoms with Crippen LogP contribution in [-0.2, 0) is 16.4 Å². The molecule has 0 radical (unpaired) electrons. The standard InChI is InChI=1S/C29H41N5O3S/c1-21-27(10-9-23-19-26(23)22-7-5-4-6-8-22)30-20-31-28(21)29(35)34-17-13-25(14-18-34)33-15-11-24(12-16-33)32(2)38(3,36)37/h4-8,20,23-26H,9-19H2,1-3H3/t23-,26+/m1/s1. The van der Waals surface area contributed by atoms with Crippen molar-refractivity contribution in [2.45, 2.75) is 69.9 Å². The second-order valence-corrected chi connectivity index (χ2v) is 13.5. The number of carbonyl (C=O) groups excluding carboxylic acids is 1. The summed E-state index contributed by atoms with van der Waals surface area (Å²) in [6.45, 7) is 5.26. The van der Waals surface area contributed by atoms with E-state index in [-0.39, 0.29) is 11.9 Å². The second kappa shape index (κ2) is 11.4. The Morgan fingerprint density at radius 3 is 2.37 bits per heavy atom. The van der Waals surface area contributed by atoms with Crippen LogP contribution in [0.5, 0.6) is 0 Å². The van der Waals surface area contributed by atoms with Gasteiger partial charge in [-0.15, -0.1) is 0 Å². The molecule has 0 N–H and O–H groups in total. The van der Waals surface area contributed by atoms with Gasteiger partial charge >= 0.3 is 0 Å². The summed E-state index contributed by atoms with van der Waals surface area (Å²) in [6, 6.07) is 11.3. The van der Waals surface area contributed by atoms with Crippen LogP contribution in [0.3, 0.4) is 0 Å². The summed E-state index contributed by atoms with van der Waals surface area (Å²) in [7, 11) is -1.47. The smallest absolute Gasteiger partial charge is 0.272 e. The molecule has 0 unspecified atom stereocenters. The lowest BCUT2D eigenvalue weighted by atomic mass is 9.97. The molecule has 1 aromatic heterocycles. The largest absolute Gasteiger partial charge is 0.337 e. The Hall–Kier alpha value is -2.36. The van der Waals surface area contributed by atoms with Crippen LogP contribution in [0, 0.1) is 12.8 Å². The minimum atomic E-state index is -3.15. The van der Waals surface area contributed by atoms with Crippen LogP contribution in [0.1, 0.15) is 71.8 Å². The molecule has 3 aliphatic rings. The number of likely N-dealkylation sites (tertiary alicyclic amines) is 2. The van der Waals surface area contributed by atoms with Gasteiger partial charge in [-0.05, 0) is 82.4 Å². The summed E-state index contributed by atoms with van der Waals surface area (Å²) in [5, 5.41) is 0. The van der Waals surface area contributed by atoms with Crippen LogP contribution in [-0.4, -0.2) is 90.0 Å². The number of hydrogen-bond acceptors (Lipinski definition) is 6. The molecule has 9 heteroatoms. The number of aromatic nitrogens is 2. The van der Waals surface area contributed by atoms with Crippen molar-refractivity contribution in [3.63, 3.8) is 0 Å². The molecule has 0 bridgehead atoms. The number of aryl methyl sites for hydroxylation is 1. The molecule has 1 aromatic carbocycles. The number of amides is 1. The highest BCUT2D eigenvalue weighted by Crippen LogP contribution is 2.49. The van der Waals surface area contributed by atoms with Crippen LogP contribution >= 0.6 is 0 Å². The molecule has 2 saturated heterocycles. The van der Waals surface area contributed by atoms with Crippen LogP contribution in [0.2, 0.25) is 0 Å². The molecule has 3 heterocycles. The highest BCUT2D eigenvalue weighted by atomic mass is 32.2. The molecule has 1 aliphatic carbocycles. The van der Waals surface area contributed by atoms with Gasteiger partial charge in [0.2, 0.25) is 10.0 Å². The molecule has 2 aromatic rings. The first kappa shape index (κ1) is 27.2. The molecular formula is C29H41N5O3S. The molecule has 0 spiro atoms. The van der Waals surface area contributed by atoms with E-state index in [1.807, 2.05) is 11.8 Å². The summed E-state index contributed by atoms with van der Waals surface area (Å²) in [4.78, 5) is 26.8. The lowest BCUT2D eigenvalue weighted by molar-refractivity contribution is 0.0542. The van der Waals surface area contributed by atoms with E-state index in [1.54, 1.807) is 13.4 Å². The van der Waals surface area contributed by atoms with Crippen molar-refractivity contribution in [2.75, 3.05) is 39.5 Å². The third-order valence-corrected chi connectivity index (χ3v) is 10.4. The summed E-state index contributed by atoms with van der Waals surface area (Å²) in [5.41, 5.74) is 3.91. The maximum Gasteiger partial charge on any atom is 0.272 e. The van der Waals surface area contributed by atoms with Gasteiger partial charge in [0.25, 0.3) is 5.91 Å². The second-order valence-electron chi connectivity index (χ2n) is 11.4. The number of nitrogens with zero attached hydrogens (tertiary/aromatic N) is 5. The fourth-order valence-corrected chi connectivity index (χ4v) is 7.17. The third kappa shape index (κ3) is 6.10. The maximum absolute atomic E-state index is 13.4. The predicted octanol–water partition coefficient (Wildman–Crippen LogP) is 3.48. The van der Waals surface area contributed by atoms with Gasteiger partial charge in [0.05, 0.1) is 6.26 Å². The monoisotopic (exact) mass is 539 g/mol. The summed E-state index contributed by atoms with van der Waals surface area (Å²) in [6.07, 6.45) is 9.65. The zero-order valence-corrected chi connectivity index (χ0v) is 23.7. The number of benzene rings is 1. The van der Waals surface area contributed by atoms with Crippen LogP contribution in [0.25, 0.3) is 0 Å². The Labute approximate surface area is 227 Å². The first-order valence-corrected chi connectivity index (χ1v) is 15.9. The third-order valence-electron chi connectivity index (χ3n) is 9.10. The van der Waals surface area contributed by atoms with Gasteiger partial charge in [-0.25, -0.2) is 22.7 Å². The molecule has 5 rings (SSSR count). The normalized spacial score (nSPS) is 23.6. The summed E-state index contributed by atoms with van der Waals surface area (Å²) in [5.74, 6) is 1.38. The highest BCUT2D eigenvalue weighted by Gasteiger charge is 2.38. The van der Waals surface area contributed by atoms with Gasteiger partial charge in [-0.3, -0.25) is 4.79 Å². The van der Waals surface area contributed by atoms with E-state index in [4.69, 9.17) is 0 Å². The molecule has 1 saturated carbocycles. The SMILES string of the molecule is Cc1c(CC[C@@H]2C[C@H]2c2ccccc2)ncnc1C(=O)N1CCC(N2CCC(N(C)S(C)(=O)=O)CC2)CC1. The molecule has 206 valence electrons. The summed E-state index contributed by atoms with van der Waals surface area (Å²) < 4.78 is 25.3. The molecule has 2 atom stereocenters. The Kier molecular flexibility index (Phi) is 8.16. The Balaban J connectivity index is 1.11. The quantitative estimate of drug-likeness (QED) is 0.511. The zero-order valence-electron chi connectivity index (χ0n) is 22.9. The fraction of sp³-hybridized carbons (Fsp3) is 0.621. The number of carbonyl (C=O) groups is 1. The van der Waals surface area contributed by atoms with E-state index >= 15 is 0 Å². The molecular weight excluding hydrogens is 498 g/mol. The van der Waals surface area contributed by atoms with Gasteiger partial charge in [0.15, 0.2) is 0 Å². The van der Waals surface area contributed by atoms with Crippen molar-refractivity contribution in [1.82, 2.24) is 24.1 Å². The van der Waals surface area contributed by atoms with Crippen molar-refractivity contribution >= 4 is 15.9 Å². The van der Waals surface area contributed by atoms with E-state index in [0.717, 1.165) is 76.0 Å². The molecule has 2 aliphatic heterocycles. The first-order valence-electron chi connectivity index (χ1n) is 14.0. The zero-order chi connectivity index (χ0) is 26.9. The van der Waals surface area contributed by atoms with E-state index in [9.17, 15) is 13.2 Å². The van der Waals surface area contributed by atoms with Crippen molar-refractivity contribution in [3.8, 4) is 0 Å².